The van der Waals surface area contributed by atoms with Crippen molar-refractivity contribution in [1.82, 2.24) is 34.0 Å². The number of rotatable bonds is 7. The molecule has 5 rings (SSSR count). The van der Waals surface area contributed by atoms with Crippen molar-refractivity contribution >= 4 is 28.4 Å². The van der Waals surface area contributed by atoms with Crippen LogP contribution in [0.4, 0.5) is 17.3 Å². The second-order valence-corrected chi connectivity index (χ2v) is 10.9. The number of anilines is 3. The number of fused-ring (bicyclic) bond motifs is 1. The molecule has 0 amide bonds. The van der Waals surface area contributed by atoms with Crippen LogP contribution in [-0.2, 0) is 6.54 Å². The van der Waals surface area contributed by atoms with Crippen LogP contribution in [0.15, 0.2) is 58.8 Å². The highest BCUT2D eigenvalue weighted by atomic mass is 16.1. The minimum absolute atomic E-state index is 0.149. The van der Waals surface area contributed by atoms with Gasteiger partial charge in [0.25, 0.3) is 11.1 Å². The minimum Gasteiger partial charge on any atom is -0.368 e. The van der Waals surface area contributed by atoms with E-state index in [9.17, 15) is 9.59 Å². The first-order valence-corrected chi connectivity index (χ1v) is 13.6. The van der Waals surface area contributed by atoms with Crippen LogP contribution < -0.4 is 21.3 Å². The van der Waals surface area contributed by atoms with Gasteiger partial charge < -0.3 is 10.2 Å². The van der Waals surface area contributed by atoms with Crippen LogP contribution in [0, 0.1) is 6.92 Å². The molecule has 0 radical (unpaired) electrons. The number of hydrogen-bond donors (Lipinski definition) is 1. The summed E-state index contributed by atoms with van der Waals surface area (Å²) in [6, 6.07) is 10.1. The van der Waals surface area contributed by atoms with E-state index in [1.165, 1.54) is 27.3 Å². The van der Waals surface area contributed by atoms with E-state index in [2.05, 4.69) is 71.7 Å². The smallest absolute Gasteiger partial charge is 0.278 e. The number of aryl methyl sites for hydroxylation is 1. The van der Waals surface area contributed by atoms with Crippen LogP contribution >= 0.6 is 0 Å². The molecule has 0 bridgehead atoms. The molecule has 4 aromatic rings. The molecule has 210 valence electrons. The SMILES string of the molecule is C=CCn1c(=O)c2cnc(Nc3ccc(N4C[C@@H](C)N(C)[C@@H](C)C4)c(C)c3)nc2n1-c1ccc(=O)n(C(C)C)n1. The predicted molar refractivity (Wildman–Crippen MR) is 159 cm³/mol. The normalized spacial score (nSPS) is 18.0. The number of likely N-dealkylation sites (N-methyl/N-ethyl adjacent to an activating group) is 1. The van der Waals surface area contributed by atoms with Crippen molar-refractivity contribution in [2.24, 2.45) is 0 Å². The van der Waals surface area contributed by atoms with Gasteiger partial charge in [0.05, 0.1) is 12.6 Å². The van der Waals surface area contributed by atoms with Gasteiger partial charge >= 0.3 is 0 Å². The Morgan fingerprint density at radius 1 is 1.12 bits per heavy atom. The highest BCUT2D eigenvalue weighted by molar-refractivity contribution is 5.77. The highest BCUT2D eigenvalue weighted by Crippen LogP contribution is 2.28. The van der Waals surface area contributed by atoms with Gasteiger partial charge in [0.1, 0.15) is 5.39 Å². The number of allylic oxidation sites excluding steroid dienone is 1. The van der Waals surface area contributed by atoms with E-state index in [1.807, 2.05) is 19.9 Å². The number of hydrogen-bond acceptors (Lipinski definition) is 8. The Balaban J connectivity index is 1.52. The van der Waals surface area contributed by atoms with Crippen LogP contribution in [0.5, 0.6) is 0 Å². The fourth-order valence-electron chi connectivity index (χ4n) is 5.32. The molecule has 1 aromatic carbocycles. The van der Waals surface area contributed by atoms with Gasteiger partial charge in [-0.2, -0.15) is 4.98 Å². The summed E-state index contributed by atoms with van der Waals surface area (Å²) in [5.41, 5.74) is 3.13. The average Bonchev–Trinajstić information content (AvgIpc) is 3.18. The van der Waals surface area contributed by atoms with Gasteiger partial charge in [0.2, 0.25) is 5.95 Å². The van der Waals surface area contributed by atoms with Crippen molar-refractivity contribution in [2.75, 3.05) is 30.4 Å². The maximum absolute atomic E-state index is 13.3. The summed E-state index contributed by atoms with van der Waals surface area (Å²) in [5, 5.41) is 8.18. The van der Waals surface area contributed by atoms with Crippen LogP contribution in [0.25, 0.3) is 16.9 Å². The lowest BCUT2D eigenvalue weighted by molar-refractivity contribution is 0.170. The standard InChI is InChI=1S/C29H37N9O2/c1-8-13-36-28(40)23-15-30-29(32-27(23)38(36)25-11-12-26(39)37(33-25)18(2)3)31-22-9-10-24(19(4)14-22)35-16-20(5)34(7)21(6)17-35/h8-12,14-15,18,20-21H,1,13,16-17H2,2-7H3,(H,30,31,32)/t20-,21+. The zero-order valence-corrected chi connectivity index (χ0v) is 24.0. The van der Waals surface area contributed by atoms with Crippen LogP contribution in [-0.4, -0.2) is 66.2 Å². The second kappa shape index (κ2) is 10.7. The van der Waals surface area contributed by atoms with Gasteiger partial charge in [-0.05, 0) is 71.5 Å². The first-order chi connectivity index (χ1) is 19.1. The van der Waals surface area contributed by atoms with E-state index in [4.69, 9.17) is 4.98 Å². The van der Waals surface area contributed by atoms with Crippen molar-refractivity contribution in [3.63, 3.8) is 0 Å². The Morgan fingerprint density at radius 2 is 1.85 bits per heavy atom. The van der Waals surface area contributed by atoms with Gasteiger partial charge in [-0.15, -0.1) is 11.7 Å². The molecular formula is C29H37N9O2. The zero-order chi connectivity index (χ0) is 28.7. The van der Waals surface area contributed by atoms with E-state index in [1.54, 1.807) is 16.8 Å². The third-order valence-corrected chi connectivity index (χ3v) is 7.65. The van der Waals surface area contributed by atoms with E-state index < -0.39 is 0 Å². The van der Waals surface area contributed by atoms with Gasteiger partial charge in [-0.3, -0.25) is 14.5 Å². The number of nitrogens with zero attached hydrogens (tertiary/aromatic N) is 8. The van der Waals surface area contributed by atoms with Crippen molar-refractivity contribution in [1.29, 1.82) is 0 Å². The minimum atomic E-state index is -0.263. The summed E-state index contributed by atoms with van der Waals surface area (Å²) < 4.78 is 4.50. The van der Waals surface area contributed by atoms with Gasteiger partial charge in [-0.25, -0.2) is 19.0 Å². The molecule has 0 aliphatic carbocycles. The van der Waals surface area contributed by atoms with E-state index in [0.717, 1.165) is 24.3 Å². The molecule has 2 atom stereocenters. The lowest BCUT2D eigenvalue weighted by Crippen LogP contribution is -2.55. The summed E-state index contributed by atoms with van der Waals surface area (Å²) in [6.07, 6.45) is 3.16. The Kier molecular flexibility index (Phi) is 7.33. The van der Waals surface area contributed by atoms with Gasteiger partial charge in [-0.1, -0.05) is 6.08 Å². The quantitative estimate of drug-likeness (QED) is 0.353. The molecule has 40 heavy (non-hydrogen) atoms. The monoisotopic (exact) mass is 543 g/mol. The van der Waals surface area contributed by atoms with Crippen molar-refractivity contribution < 1.29 is 0 Å². The zero-order valence-electron chi connectivity index (χ0n) is 24.0. The van der Waals surface area contributed by atoms with Crippen molar-refractivity contribution in [3.8, 4) is 5.82 Å². The Bertz CT molecular complexity index is 1670. The number of aromatic nitrogens is 6. The Morgan fingerprint density at radius 3 is 2.50 bits per heavy atom. The van der Waals surface area contributed by atoms with Gasteiger partial charge in [0, 0.05) is 48.8 Å². The van der Waals surface area contributed by atoms with Crippen molar-refractivity contribution in [3.05, 3.63) is 75.5 Å². The first-order valence-electron chi connectivity index (χ1n) is 13.6. The first kappa shape index (κ1) is 27.3. The van der Waals surface area contributed by atoms with E-state index >= 15 is 0 Å². The van der Waals surface area contributed by atoms with Crippen molar-refractivity contribution in [2.45, 2.75) is 59.3 Å². The number of nitrogens with one attached hydrogen (secondary N) is 1. The molecule has 11 heteroatoms. The molecule has 1 aliphatic rings. The maximum atomic E-state index is 13.3. The molecule has 4 heterocycles. The molecule has 1 fully saturated rings. The molecular weight excluding hydrogens is 506 g/mol. The molecule has 1 saturated heterocycles. The van der Waals surface area contributed by atoms with Crippen LogP contribution in [0.2, 0.25) is 0 Å². The number of benzene rings is 1. The third kappa shape index (κ3) is 4.92. The summed E-state index contributed by atoms with van der Waals surface area (Å²) in [6.45, 7) is 16.4. The average molecular weight is 544 g/mol. The lowest BCUT2D eigenvalue weighted by Gasteiger charge is -2.44. The topological polar surface area (TPSA) is 106 Å². The number of piperazine rings is 1. The predicted octanol–water partition coefficient (Wildman–Crippen LogP) is 3.49. The molecule has 1 N–H and O–H groups in total. The summed E-state index contributed by atoms with van der Waals surface area (Å²) in [7, 11) is 2.19. The third-order valence-electron chi connectivity index (χ3n) is 7.65. The Labute approximate surface area is 233 Å². The molecule has 0 spiro atoms. The van der Waals surface area contributed by atoms with E-state index in [0.29, 0.717) is 34.9 Å². The molecule has 11 nitrogen and oxygen atoms in total. The summed E-state index contributed by atoms with van der Waals surface area (Å²) in [5.74, 6) is 0.755. The molecule has 1 aliphatic heterocycles. The fourth-order valence-corrected chi connectivity index (χ4v) is 5.32. The molecule has 0 unspecified atom stereocenters. The summed E-state index contributed by atoms with van der Waals surface area (Å²) >= 11 is 0. The largest absolute Gasteiger partial charge is 0.368 e. The van der Waals surface area contributed by atoms with Crippen LogP contribution in [0.3, 0.4) is 0 Å². The van der Waals surface area contributed by atoms with Gasteiger partial charge in [0.15, 0.2) is 11.5 Å². The fraction of sp³-hybridized carbons (Fsp3) is 0.414. The summed E-state index contributed by atoms with van der Waals surface area (Å²) in [4.78, 5) is 39.6. The lowest BCUT2D eigenvalue weighted by atomic mass is 10.1. The maximum Gasteiger partial charge on any atom is 0.278 e. The molecule has 0 saturated carbocycles. The molecule has 3 aromatic heterocycles. The van der Waals surface area contributed by atoms with E-state index in [-0.39, 0.29) is 23.7 Å². The van der Waals surface area contributed by atoms with Crippen LogP contribution in [0.1, 0.15) is 39.3 Å². The highest BCUT2D eigenvalue weighted by Gasteiger charge is 2.27. The second-order valence-electron chi connectivity index (χ2n) is 10.9. The Hall–Kier alpha value is -4.25.